The van der Waals surface area contributed by atoms with Gasteiger partial charge in [-0.15, -0.1) is 0 Å². The minimum Gasteiger partial charge on any atom is -0.486 e. The molecule has 0 bridgehead atoms. The minimum atomic E-state index is -4.87. The van der Waals surface area contributed by atoms with Gasteiger partial charge in [-0.2, -0.15) is 13.2 Å². The first-order valence-electron chi connectivity index (χ1n) is 9.64. The number of sulfonamides is 1. The third-order valence-corrected chi connectivity index (χ3v) is 6.12. The zero-order valence-corrected chi connectivity index (χ0v) is 17.7. The van der Waals surface area contributed by atoms with Gasteiger partial charge in [0.2, 0.25) is 0 Å². The molecule has 0 aromatic heterocycles. The summed E-state index contributed by atoms with van der Waals surface area (Å²) in [6, 6.07) is 14.1. The van der Waals surface area contributed by atoms with Gasteiger partial charge in [0.1, 0.15) is 13.2 Å². The molecular weight excluding hydrogens is 461 g/mol. The molecule has 33 heavy (non-hydrogen) atoms. The monoisotopic (exact) mass is 478 g/mol. The topological polar surface area (TPSA) is 93.7 Å². The number of fused-ring (bicyclic) bond motifs is 1. The van der Waals surface area contributed by atoms with Crippen molar-refractivity contribution in [1.29, 1.82) is 0 Å². The van der Waals surface area contributed by atoms with E-state index in [9.17, 15) is 26.4 Å². The van der Waals surface area contributed by atoms with Crippen molar-refractivity contribution in [2.24, 2.45) is 0 Å². The van der Waals surface area contributed by atoms with Crippen molar-refractivity contribution in [2.45, 2.75) is 11.1 Å². The second kappa shape index (κ2) is 8.66. The molecule has 11 heteroatoms. The van der Waals surface area contributed by atoms with Crippen LogP contribution in [0.2, 0.25) is 0 Å². The number of benzene rings is 3. The number of halogens is 3. The molecule has 0 unspecified atom stereocenters. The Kier molecular flexibility index (Phi) is 5.90. The van der Waals surface area contributed by atoms with Gasteiger partial charge >= 0.3 is 6.18 Å². The molecule has 4 rings (SSSR count). The van der Waals surface area contributed by atoms with E-state index in [1.165, 1.54) is 30.3 Å². The van der Waals surface area contributed by atoms with Crippen molar-refractivity contribution >= 4 is 27.3 Å². The Bertz CT molecular complexity index is 1310. The van der Waals surface area contributed by atoms with E-state index in [-0.39, 0.29) is 11.3 Å². The summed E-state index contributed by atoms with van der Waals surface area (Å²) in [6.07, 6.45) is -4.87. The van der Waals surface area contributed by atoms with Crippen LogP contribution in [0, 0.1) is 0 Å². The van der Waals surface area contributed by atoms with Gasteiger partial charge in [0.25, 0.3) is 15.9 Å². The van der Waals surface area contributed by atoms with Crippen molar-refractivity contribution in [3.8, 4) is 11.5 Å². The number of carbonyl (C=O) groups is 1. The average molecular weight is 478 g/mol. The molecule has 2 N–H and O–H groups in total. The smallest absolute Gasteiger partial charge is 0.417 e. The number of hydrogen-bond acceptors (Lipinski definition) is 5. The zero-order chi connectivity index (χ0) is 23.6. The zero-order valence-electron chi connectivity index (χ0n) is 16.8. The molecule has 1 amide bonds. The Morgan fingerprint density at radius 1 is 0.879 bits per heavy atom. The molecule has 3 aromatic carbocycles. The fourth-order valence-corrected chi connectivity index (χ4v) is 4.53. The van der Waals surface area contributed by atoms with Crippen LogP contribution in [-0.4, -0.2) is 27.5 Å². The molecule has 3 aromatic rings. The summed E-state index contributed by atoms with van der Waals surface area (Å²) >= 11 is 0. The van der Waals surface area contributed by atoms with Crippen molar-refractivity contribution in [3.63, 3.8) is 0 Å². The lowest BCUT2D eigenvalue weighted by atomic mass is 10.1. The van der Waals surface area contributed by atoms with Crippen molar-refractivity contribution < 1.29 is 35.9 Å². The highest BCUT2D eigenvalue weighted by molar-refractivity contribution is 7.92. The van der Waals surface area contributed by atoms with Gasteiger partial charge in [0, 0.05) is 11.8 Å². The van der Waals surface area contributed by atoms with Crippen molar-refractivity contribution in [3.05, 3.63) is 77.9 Å². The quantitative estimate of drug-likeness (QED) is 0.562. The Labute approximate surface area is 187 Å². The van der Waals surface area contributed by atoms with Crippen LogP contribution in [-0.2, 0) is 16.2 Å². The van der Waals surface area contributed by atoms with Crippen LogP contribution in [0.15, 0.2) is 71.6 Å². The summed E-state index contributed by atoms with van der Waals surface area (Å²) in [7, 11) is -4.65. The maximum atomic E-state index is 13.3. The first-order chi connectivity index (χ1) is 15.6. The molecule has 1 aliphatic heterocycles. The van der Waals surface area contributed by atoms with Gasteiger partial charge in [0.05, 0.1) is 21.7 Å². The predicted molar refractivity (Wildman–Crippen MR) is 114 cm³/mol. The van der Waals surface area contributed by atoms with E-state index in [0.29, 0.717) is 36.5 Å². The molecule has 0 spiro atoms. The summed E-state index contributed by atoms with van der Waals surface area (Å²) in [4.78, 5) is 11.9. The van der Waals surface area contributed by atoms with Gasteiger partial charge < -0.3 is 14.8 Å². The molecule has 0 saturated heterocycles. The number of carbonyl (C=O) groups excluding carboxylic acids is 1. The number of para-hydroxylation sites is 1. The average Bonchev–Trinajstić information content (AvgIpc) is 2.78. The number of anilines is 2. The number of ether oxygens (including phenoxy) is 2. The standard InChI is InChI=1S/C22H17F3N2O5S/c23-22(24,25)16-6-2-4-8-20(16)33(29,30)27-17-7-3-1-5-15(17)21(28)26-14-9-10-18-19(13-14)32-12-11-31-18/h1-10,13,27H,11-12H2,(H,26,28). The third-order valence-electron chi connectivity index (χ3n) is 4.70. The molecule has 172 valence electrons. The Hall–Kier alpha value is -3.73. The van der Waals surface area contributed by atoms with Crippen LogP contribution in [0.25, 0.3) is 0 Å². The highest BCUT2D eigenvalue weighted by Gasteiger charge is 2.37. The number of amides is 1. The lowest BCUT2D eigenvalue weighted by Crippen LogP contribution is -2.21. The number of rotatable bonds is 5. The van der Waals surface area contributed by atoms with Crippen molar-refractivity contribution in [2.75, 3.05) is 23.3 Å². The molecule has 0 aliphatic carbocycles. The second-order valence-electron chi connectivity index (χ2n) is 6.96. The first kappa shape index (κ1) is 22.5. The molecule has 7 nitrogen and oxygen atoms in total. The number of alkyl halides is 3. The number of nitrogens with one attached hydrogen (secondary N) is 2. The van der Waals surface area contributed by atoms with Crippen LogP contribution < -0.4 is 19.5 Å². The Morgan fingerprint density at radius 2 is 1.55 bits per heavy atom. The fourth-order valence-electron chi connectivity index (χ4n) is 3.22. The molecule has 0 saturated carbocycles. The van der Waals surface area contributed by atoms with Crippen LogP contribution in [0.1, 0.15) is 15.9 Å². The summed E-state index contributed by atoms with van der Waals surface area (Å²) in [5.41, 5.74) is -1.20. The highest BCUT2D eigenvalue weighted by atomic mass is 32.2. The SMILES string of the molecule is O=C(Nc1ccc2c(c1)OCCO2)c1ccccc1NS(=O)(=O)c1ccccc1C(F)(F)F. The molecule has 0 fully saturated rings. The van der Waals surface area contributed by atoms with E-state index >= 15 is 0 Å². The van der Waals surface area contributed by atoms with Crippen molar-refractivity contribution in [1.82, 2.24) is 0 Å². The second-order valence-corrected chi connectivity index (χ2v) is 8.61. The highest BCUT2D eigenvalue weighted by Crippen LogP contribution is 2.35. The molecule has 0 radical (unpaired) electrons. The molecule has 0 atom stereocenters. The first-order valence-corrected chi connectivity index (χ1v) is 11.1. The van der Waals surface area contributed by atoms with E-state index in [4.69, 9.17) is 9.47 Å². The summed E-state index contributed by atoms with van der Waals surface area (Å²) in [5.74, 6) is 0.293. The molecule has 1 aliphatic rings. The van der Waals surface area contributed by atoms with E-state index in [1.54, 1.807) is 18.2 Å². The molecule has 1 heterocycles. The van der Waals surface area contributed by atoms with Gasteiger partial charge in [-0.1, -0.05) is 24.3 Å². The van der Waals surface area contributed by atoms with Gasteiger partial charge in [-0.3, -0.25) is 9.52 Å². The third kappa shape index (κ3) is 4.87. The summed E-state index contributed by atoms with van der Waals surface area (Å²) in [5, 5.41) is 2.62. The van der Waals surface area contributed by atoms with E-state index in [2.05, 4.69) is 10.0 Å². The maximum Gasteiger partial charge on any atom is 0.417 e. The minimum absolute atomic E-state index is 0.0829. The van der Waals surface area contributed by atoms with E-state index in [0.717, 1.165) is 12.1 Å². The number of hydrogen-bond donors (Lipinski definition) is 2. The van der Waals surface area contributed by atoms with E-state index in [1.807, 2.05) is 0 Å². The van der Waals surface area contributed by atoms with Crippen LogP contribution >= 0.6 is 0 Å². The van der Waals surface area contributed by atoms with Crippen LogP contribution in [0.3, 0.4) is 0 Å². The van der Waals surface area contributed by atoms with E-state index < -0.39 is 32.6 Å². The summed E-state index contributed by atoms with van der Waals surface area (Å²) in [6.45, 7) is 0.762. The molecular formula is C22H17F3N2O5S. The van der Waals surface area contributed by atoms with Gasteiger partial charge in [0.15, 0.2) is 11.5 Å². The van der Waals surface area contributed by atoms with Crippen LogP contribution in [0.5, 0.6) is 11.5 Å². The van der Waals surface area contributed by atoms with Gasteiger partial charge in [-0.05, 0) is 36.4 Å². The predicted octanol–water partition coefficient (Wildman–Crippen LogP) is 4.53. The Morgan fingerprint density at radius 3 is 2.30 bits per heavy atom. The largest absolute Gasteiger partial charge is 0.486 e. The normalized spacial score (nSPS) is 13.3. The lowest BCUT2D eigenvalue weighted by molar-refractivity contribution is -0.139. The van der Waals surface area contributed by atoms with Crippen LogP contribution in [0.4, 0.5) is 24.5 Å². The van der Waals surface area contributed by atoms with Gasteiger partial charge in [-0.25, -0.2) is 8.42 Å². The summed E-state index contributed by atoms with van der Waals surface area (Å²) < 4.78 is 78.5. The fraction of sp³-hybridized carbons (Fsp3) is 0.136. The lowest BCUT2D eigenvalue weighted by Gasteiger charge is -2.19. The Balaban J connectivity index is 1.61. The maximum absolute atomic E-state index is 13.3.